The molecule has 1 aliphatic carbocycles. The van der Waals surface area contributed by atoms with Crippen molar-refractivity contribution in [1.82, 2.24) is 24.7 Å². The minimum Gasteiger partial charge on any atom is -0.368 e. The second-order valence-corrected chi connectivity index (χ2v) is 8.48. The van der Waals surface area contributed by atoms with E-state index in [1.807, 2.05) is 24.3 Å². The van der Waals surface area contributed by atoms with Gasteiger partial charge in [-0.2, -0.15) is 4.98 Å². The maximum Gasteiger partial charge on any atom is 0.264 e. The molecule has 0 radical (unpaired) electrons. The Morgan fingerprint density at radius 1 is 1.12 bits per heavy atom. The highest BCUT2D eigenvalue weighted by molar-refractivity contribution is 5.78. The fourth-order valence-electron chi connectivity index (χ4n) is 4.28. The molecule has 10 heteroatoms. The third-order valence-electron chi connectivity index (χ3n) is 6.54. The Kier molecular flexibility index (Phi) is 5.20. The number of nitrogens with two attached hydrogens (primary N) is 2. The van der Waals surface area contributed by atoms with Crippen LogP contribution in [-0.4, -0.2) is 30.6 Å². The summed E-state index contributed by atoms with van der Waals surface area (Å²) < 4.78 is 6.78. The number of benzene rings is 1. The monoisotopic (exact) mass is 457 g/mol. The first kappa shape index (κ1) is 21.5. The average Bonchev–Trinajstić information content (AvgIpc) is 3.29. The summed E-state index contributed by atoms with van der Waals surface area (Å²) in [4.78, 5) is 37.2. The van der Waals surface area contributed by atoms with E-state index in [1.54, 1.807) is 31.5 Å². The molecule has 4 aromatic rings. The lowest BCUT2D eigenvalue weighted by Crippen LogP contribution is -2.36. The van der Waals surface area contributed by atoms with Crippen molar-refractivity contribution >= 4 is 11.9 Å². The van der Waals surface area contributed by atoms with Gasteiger partial charge in [-0.05, 0) is 43.0 Å². The van der Waals surface area contributed by atoms with E-state index in [2.05, 4.69) is 20.1 Å². The van der Waals surface area contributed by atoms with Crippen LogP contribution in [0.1, 0.15) is 43.6 Å². The molecule has 0 aliphatic heterocycles. The van der Waals surface area contributed by atoms with Crippen LogP contribution in [-0.2, 0) is 10.2 Å². The third kappa shape index (κ3) is 3.53. The maximum atomic E-state index is 12.9. The Morgan fingerprint density at radius 2 is 1.82 bits per heavy atom. The number of rotatable bonds is 6. The van der Waals surface area contributed by atoms with Gasteiger partial charge in [-0.3, -0.25) is 9.59 Å². The molecule has 0 saturated heterocycles. The van der Waals surface area contributed by atoms with Crippen molar-refractivity contribution in [2.75, 3.05) is 5.73 Å². The van der Waals surface area contributed by atoms with E-state index in [-0.39, 0.29) is 22.8 Å². The van der Waals surface area contributed by atoms with Crippen molar-refractivity contribution in [1.29, 1.82) is 0 Å². The summed E-state index contributed by atoms with van der Waals surface area (Å²) in [5, 5.41) is 4.24. The molecule has 1 unspecified atom stereocenters. The average molecular weight is 457 g/mol. The van der Waals surface area contributed by atoms with Crippen LogP contribution in [0.2, 0.25) is 0 Å². The zero-order valence-electron chi connectivity index (χ0n) is 18.5. The number of aromatic nitrogens is 5. The molecule has 1 amide bonds. The van der Waals surface area contributed by atoms with Crippen LogP contribution in [0.5, 0.6) is 0 Å². The topological polar surface area (TPSA) is 156 Å². The Hall–Kier alpha value is -4.34. The van der Waals surface area contributed by atoms with Crippen LogP contribution >= 0.6 is 0 Å². The van der Waals surface area contributed by atoms with Gasteiger partial charge in [0, 0.05) is 24.2 Å². The van der Waals surface area contributed by atoms with Gasteiger partial charge in [0.2, 0.25) is 11.9 Å². The molecule has 1 saturated carbocycles. The molecule has 4 N–H and O–H groups in total. The highest BCUT2D eigenvalue weighted by atomic mass is 16.5. The number of hydrogen-bond acceptors (Lipinski definition) is 8. The molecular weight excluding hydrogens is 434 g/mol. The van der Waals surface area contributed by atoms with E-state index >= 15 is 0 Å². The number of amides is 1. The molecule has 5 rings (SSSR count). The Balaban J connectivity index is 1.47. The molecule has 1 aliphatic rings. The molecule has 1 fully saturated rings. The van der Waals surface area contributed by atoms with Crippen LogP contribution in [0.25, 0.3) is 22.6 Å². The van der Waals surface area contributed by atoms with Gasteiger partial charge < -0.3 is 20.6 Å². The number of nitrogens with zero attached hydrogens (tertiary/aromatic N) is 5. The molecule has 1 aromatic carbocycles. The number of carbonyl (C=O) groups excluding carboxylic acids is 1. The van der Waals surface area contributed by atoms with Crippen molar-refractivity contribution in [3.63, 3.8) is 0 Å². The van der Waals surface area contributed by atoms with Gasteiger partial charge in [-0.15, -0.1) is 0 Å². The van der Waals surface area contributed by atoms with Gasteiger partial charge in [0.1, 0.15) is 11.6 Å². The summed E-state index contributed by atoms with van der Waals surface area (Å²) in [5.41, 5.74) is 13.3. The Bertz CT molecular complexity index is 1400. The second-order valence-electron chi connectivity index (χ2n) is 8.48. The normalized spacial score (nSPS) is 15.4. The lowest BCUT2D eigenvalue weighted by Gasteiger charge is -2.39. The van der Waals surface area contributed by atoms with Gasteiger partial charge in [0.25, 0.3) is 11.4 Å². The molecular formula is C24H23N7O3. The summed E-state index contributed by atoms with van der Waals surface area (Å²) in [5.74, 6) is 0.284. The summed E-state index contributed by atoms with van der Waals surface area (Å²) in [6.07, 6.45) is 7.66. The number of carbonyl (C=O) groups is 1. The van der Waals surface area contributed by atoms with Crippen molar-refractivity contribution < 1.29 is 9.32 Å². The minimum absolute atomic E-state index is 0.118. The van der Waals surface area contributed by atoms with Gasteiger partial charge in [0.15, 0.2) is 5.82 Å². The number of anilines is 1. The van der Waals surface area contributed by atoms with E-state index in [4.69, 9.17) is 16.0 Å². The molecule has 10 nitrogen and oxygen atoms in total. The summed E-state index contributed by atoms with van der Waals surface area (Å²) in [6.45, 7) is 1.57. The maximum absolute atomic E-state index is 12.9. The van der Waals surface area contributed by atoms with E-state index in [1.165, 1.54) is 10.8 Å². The smallest absolute Gasteiger partial charge is 0.264 e. The molecule has 0 bridgehead atoms. The summed E-state index contributed by atoms with van der Waals surface area (Å²) in [6, 6.07) is 10.6. The van der Waals surface area contributed by atoms with Crippen LogP contribution < -0.4 is 17.0 Å². The quantitative estimate of drug-likeness (QED) is 0.447. The lowest BCUT2D eigenvalue weighted by atomic mass is 9.64. The molecule has 172 valence electrons. The third-order valence-corrected chi connectivity index (χ3v) is 6.54. The minimum atomic E-state index is -0.794. The lowest BCUT2D eigenvalue weighted by molar-refractivity contribution is -0.120. The number of nitrogen functional groups attached to an aromatic ring is 1. The predicted octanol–water partition coefficient (Wildman–Crippen LogP) is 2.45. The van der Waals surface area contributed by atoms with Crippen molar-refractivity contribution in [3.05, 3.63) is 76.7 Å². The van der Waals surface area contributed by atoms with Crippen molar-refractivity contribution in [3.8, 4) is 22.6 Å². The first-order valence-corrected chi connectivity index (χ1v) is 10.9. The van der Waals surface area contributed by atoms with Gasteiger partial charge in [0.05, 0.1) is 5.41 Å². The highest BCUT2D eigenvalue weighted by Gasteiger charge is 2.44. The Morgan fingerprint density at radius 3 is 2.44 bits per heavy atom. The fourth-order valence-corrected chi connectivity index (χ4v) is 4.28. The summed E-state index contributed by atoms with van der Waals surface area (Å²) >= 11 is 0. The predicted molar refractivity (Wildman–Crippen MR) is 124 cm³/mol. The molecule has 1 atom stereocenters. The molecule has 3 aromatic heterocycles. The van der Waals surface area contributed by atoms with E-state index in [9.17, 15) is 9.59 Å². The standard InChI is InChI=1S/C24H23N7O3/c1-14(19(25)32)31-11-2-4-18(21(31)33)20-29-22(30-34-20)24(9-3-10-24)17-7-5-15(6-8-17)16-12-27-23(26)28-13-16/h2,4-8,11-14H,3,9-10H2,1H3,(H2,25,32)(H2,26,27,28). The van der Waals surface area contributed by atoms with E-state index in [0.29, 0.717) is 5.82 Å². The first-order chi connectivity index (χ1) is 16.4. The summed E-state index contributed by atoms with van der Waals surface area (Å²) in [7, 11) is 0. The first-order valence-electron chi connectivity index (χ1n) is 10.9. The highest BCUT2D eigenvalue weighted by Crippen LogP contribution is 2.48. The van der Waals surface area contributed by atoms with Gasteiger partial charge in [-0.25, -0.2) is 9.97 Å². The number of pyridine rings is 1. The largest absolute Gasteiger partial charge is 0.368 e. The van der Waals surface area contributed by atoms with E-state index in [0.717, 1.165) is 36.0 Å². The fraction of sp³-hybridized carbons (Fsp3) is 0.250. The molecule has 3 heterocycles. The number of primary amides is 1. The van der Waals surface area contributed by atoms with Crippen molar-refractivity contribution in [2.24, 2.45) is 5.73 Å². The molecule has 0 spiro atoms. The van der Waals surface area contributed by atoms with Crippen molar-refractivity contribution in [2.45, 2.75) is 37.6 Å². The van der Waals surface area contributed by atoms with Crippen LogP contribution in [0.15, 0.2) is 64.3 Å². The van der Waals surface area contributed by atoms with Gasteiger partial charge in [-0.1, -0.05) is 35.8 Å². The number of hydrogen-bond donors (Lipinski definition) is 2. The second kappa shape index (κ2) is 8.22. The van der Waals surface area contributed by atoms with Gasteiger partial charge >= 0.3 is 0 Å². The SMILES string of the molecule is CC(C(N)=O)n1cccc(-c2nc(C3(c4ccc(-c5cnc(N)nc5)cc4)CCC3)no2)c1=O. The zero-order valence-corrected chi connectivity index (χ0v) is 18.5. The zero-order chi connectivity index (χ0) is 23.9. The van der Waals surface area contributed by atoms with Crippen LogP contribution in [0.3, 0.4) is 0 Å². The Labute approximate surface area is 194 Å². The molecule has 34 heavy (non-hydrogen) atoms. The van der Waals surface area contributed by atoms with E-state index < -0.39 is 17.5 Å². The van der Waals surface area contributed by atoms with Crippen LogP contribution in [0.4, 0.5) is 5.95 Å². The van der Waals surface area contributed by atoms with Crippen LogP contribution in [0, 0.1) is 0 Å².